The number of nitrogens with zero attached hydrogens (tertiary/aromatic N) is 2. The summed E-state index contributed by atoms with van der Waals surface area (Å²) in [5, 5.41) is 0. The van der Waals surface area contributed by atoms with Gasteiger partial charge in [-0.3, -0.25) is 0 Å². The van der Waals surface area contributed by atoms with Gasteiger partial charge < -0.3 is 10.3 Å². The molecule has 1 aliphatic rings. The lowest BCUT2D eigenvalue weighted by atomic mass is 10.1. The second kappa shape index (κ2) is 3.76. The Labute approximate surface area is 91.5 Å². The summed E-state index contributed by atoms with van der Waals surface area (Å²) < 4.78 is 39.5. The topological polar surface area (TPSA) is 43.8 Å². The Morgan fingerprint density at radius 3 is 2.62 bits per heavy atom. The van der Waals surface area contributed by atoms with Gasteiger partial charge in [-0.25, -0.2) is 4.98 Å². The Kier molecular flexibility index (Phi) is 2.69. The molecule has 0 fully saturated rings. The van der Waals surface area contributed by atoms with E-state index >= 15 is 0 Å². The number of halogens is 3. The zero-order chi connectivity index (χ0) is 11.9. The maximum absolute atomic E-state index is 12.7. The fourth-order valence-corrected chi connectivity index (χ4v) is 2.15. The second-order valence-electron chi connectivity index (χ2n) is 4.16. The summed E-state index contributed by atoms with van der Waals surface area (Å²) in [7, 11) is 0. The van der Waals surface area contributed by atoms with Crippen molar-refractivity contribution in [2.45, 2.75) is 44.9 Å². The first kappa shape index (κ1) is 11.4. The molecule has 90 valence electrons. The molecular weight excluding hydrogens is 219 g/mol. The molecule has 3 nitrogen and oxygen atoms in total. The van der Waals surface area contributed by atoms with Crippen molar-refractivity contribution in [1.82, 2.24) is 9.55 Å². The van der Waals surface area contributed by atoms with Crippen LogP contribution in [0.3, 0.4) is 0 Å². The smallest absolute Gasteiger partial charge is 0.324 e. The van der Waals surface area contributed by atoms with E-state index in [1.807, 2.05) is 0 Å². The number of nitrogens with two attached hydrogens (primary N) is 1. The lowest BCUT2D eigenvalue weighted by Gasteiger charge is -2.18. The minimum absolute atomic E-state index is 0.393. The third kappa shape index (κ3) is 1.81. The highest BCUT2D eigenvalue weighted by Crippen LogP contribution is 2.34. The van der Waals surface area contributed by atoms with Crippen LogP contribution < -0.4 is 5.73 Å². The van der Waals surface area contributed by atoms with E-state index in [1.54, 1.807) is 6.92 Å². The van der Waals surface area contributed by atoms with E-state index in [1.165, 1.54) is 4.57 Å². The lowest BCUT2D eigenvalue weighted by molar-refractivity contribution is -0.147. The van der Waals surface area contributed by atoms with Crippen molar-refractivity contribution >= 4 is 0 Å². The molecule has 0 spiro atoms. The summed E-state index contributed by atoms with van der Waals surface area (Å²) in [4.78, 5) is 3.68. The zero-order valence-corrected chi connectivity index (χ0v) is 9.01. The average molecular weight is 233 g/mol. The Hall–Kier alpha value is -1.04. The highest BCUT2D eigenvalue weighted by Gasteiger charge is 2.39. The normalized spacial score (nSPS) is 18.3. The first-order valence-electron chi connectivity index (χ1n) is 5.33. The predicted molar refractivity (Wildman–Crippen MR) is 52.8 cm³/mol. The number of fused-ring (bicyclic) bond motifs is 1. The molecule has 6 heteroatoms. The standard InChI is InChI=1S/C10H14F3N3/c1-6(14)8-7-4-2-3-5-16(7)9(15-8)10(11,12)13/h6H,2-5,14H2,1H3. The molecule has 0 aliphatic carbocycles. The molecular formula is C10H14F3N3. The number of alkyl halides is 3. The first-order chi connectivity index (χ1) is 7.41. The number of imidazole rings is 1. The van der Waals surface area contributed by atoms with Gasteiger partial charge in [0.2, 0.25) is 5.82 Å². The molecule has 16 heavy (non-hydrogen) atoms. The minimum atomic E-state index is -4.39. The third-order valence-corrected chi connectivity index (χ3v) is 2.83. The fourth-order valence-electron chi connectivity index (χ4n) is 2.15. The van der Waals surface area contributed by atoms with Crippen LogP contribution in [0.25, 0.3) is 0 Å². The molecule has 0 bridgehead atoms. The van der Waals surface area contributed by atoms with E-state index in [0.29, 0.717) is 24.4 Å². The summed E-state index contributed by atoms with van der Waals surface area (Å²) in [6.07, 6.45) is -2.08. The molecule has 1 aromatic rings. The Balaban J connectivity index is 2.55. The summed E-state index contributed by atoms with van der Waals surface area (Å²) in [6, 6.07) is -0.449. The van der Waals surface area contributed by atoms with Crippen LogP contribution in [0.4, 0.5) is 13.2 Å². The van der Waals surface area contributed by atoms with Crippen molar-refractivity contribution in [2.75, 3.05) is 0 Å². The van der Waals surface area contributed by atoms with Gasteiger partial charge in [0.1, 0.15) is 0 Å². The molecule has 2 heterocycles. The molecule has 0 amide bonds. The van der Waals surface area contributed by atoms with E-state index < -0.39 is 18.0 Å². The van der Waals surface area contributed by atoms with Crippen molar-refractivity contribution in [3.63, 3.8) is 0 Å². The van der Waals surface area contributed by atoms with Crippen molar-refractivity contribution in [3.8, 4) is 0 Å². The Bertz CT molecular complexity index is 393. The van der Waals surface area contributed by atoms with E-state index in [9.17, 15) is 13.2 Å². The molecule has 2 rings (SSSR count). The monoisotopic (exact) mass is 233 g/mol. The predicted octanol–water partition coefficient (Wildman–Crippen LogP) is 2.26. The fraction of sp³-hybridized carbons (Fsp3) is 0.700. The largest absolute Gasteiger partial charge is 0.449 e. The van der Waals surface area contributed by atoms with E-state index in [-0.39, 0.29) is 0 Å². The van der Waals surface area contributed by atoms with Crippen LogP contribution in [-0.2, 0) is 19.1 Å². The molecule has 0 saturated carbocycles. The van der Waals surface area contributed by atoms with Crippen molar-refractivity contribution in [3.05, 3.63) is 17.2 Å². The van der Waals surface area contributed by atoms with Gasteiger partial charge in [0.15, 0.2) is 0 Å². The molecule has 0 saturated heterocycles. The average Bonchev–Trinajstić information content (AvgIpc) is 2.56. The van der Waals surface area contributed by atoms with Crippen molar-refractivity contribution in [1.29, 1.82) is 0 Å². The highest BCUT2D eigenvalue weighted by molar-refractivity contribution is 5.23. The van der Waals surface area contributed by atoms with Gasteiger partial charge in [-0.15, -0.1) is 0 Å². The molecule has 1 aliphatic heterocycles. The molecule has 1 atom stereocenters. The van der Waals surface area contributed by atoms with Gasteiger partial charge in [0.05, 0.1) is 5.69 Å². The van der Waals surface area contributed by atoms with Gasteiger partial charge in [-0.05, 0) is 26.2 Å². The van der Waals surface area contributed by atoms with Crippen LogP contribution in [0.5, 0.6) is 0 Å². The molecule has 1 unspecified atom stereocenters. The molecule has 0 aromatic carbocycles. The number of hydrogen-bond acceptors (Lipinski definition) is 2. The van der Waals surface area contributed by atoms with Crippen LogP contribution in [-0.4, -0.2) is 9.55 Å². The first-order valence-corrected chi connectivity index (χ1v) is 5.33. The number of rotatable bonds is 1. The third-order valence-electron chi connectivity index (χ3n) is 2.83. The van der Waals surface area contributed by atoms with Crippen LogP contribution in [0, 0.1) is 0 Å². The Morgan fingerprint density at radius 2 is 2.06 bits per heavy atom. The Morgan fingerprint density at radius 1 is 1.38 bits per heavy atom. The second-order valence-corrected chi connectivity index (χ2v) is 4.16. The number of aromatic nitrogens is 2. The van der Waals surface area contributed by atoms with Crippen LogP contribution in [0.2, 0.25) is 0 Å². The van der Waals surface area contributed by atoms with Gasteiger partial charge >= 0.3 is 6.18 Å². The quantitative estimate of drug-likeness (QED) is 0.808. The van der Waals surface area contributed by atoms with Crippen LogP contribution in [0.15, 0.2) is 0 Å². The van der Waals surface area contributed by atoms with Crippen molar-refractivity contribution < 1.29 is 13.2 Å². The van der Waals surface area contributed by atoms with E-state index in [2.05, 4.69) is 4.98 Å². The van der Waals surface area contributed by atoms with Gasteiger partial charge in [-0.2, -0.15) is 13.2 Å². The maximum atomic E-state index is 12.7. The summed E-state index contributed by atoms with van der Waals surface area (Å²) in [6.45, 7) is 2.06. The molecule has 0 radical (unpaired) electrons. The van der Waals surface area contributed by atoms with Crippen LogP contribution >= 0.6 is 0 Å². The maximum Gasteiger partial charge on any atom is 0.449 e. The summed E-state index contributed by atoms with van der Waals surface area (Å²) in [5.74, 6) is -0.797. The number of hydrogen-bond donors (Lipinski definition) is 1. The highest BCUT2D eigenvalue weighted by atomic mass is 19.4. The zero-order valence-electron chi connectivity index (χ0n) is 9.01. The summed E-state index contributed by atoms with van der Waals surface area (Å²) in [5.41, 5.74) is 6.71. The van der Waals surface area contributed by atoms with E-state index in [0.717, 1.165) is 12.8 Å². The van der Waals surface area contributed by atoms with Crippen LogP contribution in [0.1, 0.15) is 43.0 Å². The van der Waals surface area contributed by atoms with Gasteiger partial charge in [-0.1, -0.05) is 0 Å². The SMILES string of the molecule is CC(N)c1nc(C(F)(F)F)n2c1CCCC2. The molecule has 2 N–H and O–H groups in total. The summed E-state index contributed by atoms with van der Waals surface area (Å²) >= 11 is 0. The minimum Gasteiger partial charge on any atom is -0.324 e. The van der Waals surface area contributed by atoms with Gasteiger partial charge in [0, 0.05) is 18.3 Å². The van der Waals surface area contributed by atoms with E-state index in [4.69, 9.17) is 5.73 Å². The molecule has 1 aromatic heterocycles. The van der Waals surface area contributed by atoms with Gasteiger partial charge in [0.25, 0.3) is 0 Å². The lowest BCUT2D eigenvalue weighted by Crippen LogP contribution is -2.19. The van der Waals surface area contributed by atoms with Crippen molar-refractivity contribution in [2.24, 2.45) is 5.73 Å².